The highest BCUT2D eigenvalue weighted by molar-refractivity contribution is 5.80. The lowest BCUT2D eigenvalue weighted by molar-refractivity contribution is -0.148. The van der Waals surface area contributed by atoms with Crippen molar-refractivity contribution in [3.63, 3.8) is 0 Å². The summed E-state index contributed by atoms with van der Waals surface area (Å²) < 4.78 is 5.15. The Labute approximate surface area is 102 Å². The van der Waals surface area contributed by atoms with Crippen molar-refractivity contribution < 1.29 is 19.4 Å². The average Bonchev–Trinajstić information content (AvgIpc) is 2.73. The van der Waals surface area contributed by atoms with E-state index in [-0.39, 0.29) is 25.2 Å². The van der Waals surface area contributed by atoms with Gasteiger partial charge in [0.05, 0.1) is 11.5 Å². The number of carboxylic acids is 1. The van der Waals surface area contributed by atoms with Crippen LogP contribution < -0.4 is 5.32 Å². The number of hydrogen-bond acceptors (Lipinski definition) is 3. The van der Waals surface area contributed by atoms with Gasteiger partial charge < -0.3 is 15.2 Å². The Kier molecular flexibility index (Phi) is 4.93. The van der Waals surface area contributed by atoms with Gasteiger partial charge in [0.2, 0.25) is 5.91 Å². The molecule has 1 amide bonds. The van der Waals surface area contributed by atoms with Crippen molar-refractivity contribution in [3.05, 3.63) is 0 Å². The van der Waals surface area contributed by atoms with Gasteiger partial charge in [-0.05, 0) is 26.7 Å². The highest BCUT2D eigenvalue weighted by Gasteiger charge is 2.41. The number of hydrogen-bond donors (Lipinski definition) is 2. The van der Waals surface area contributed by atoms with Crippen LogP contribution in [0.5, 0.6) is 0 Å². The molecule has 0 spiro atoms. The highest BCUT2D eigenvalue weighted by atomic mass is 16.5. The molecule has 0 atom stereocenters. The van der Waals surface area contributed by atoms with Crippen molar-refractivity contribution in [2.75, 3.05) is 13.2 Å². The molecule has 0 saturated heterocycles. The van der Waals surface area contributed by atoms with E-state index in [0.717, 1.165) is 12.8 Å². The fraction of sp³-hybridized carbons (Fsp3) is 0.833. The minimum Gasteiger partial charge on any atom is -0.481 e. The molecule has 0 aliphatic heterocycles. The van der Waals surface area contributed by atoms with E-state index in [4.69, 9.17) is 4.74 Å². The normalized spacial score (nSPS) is 18.3. The third-order valence-corrected chi connectivity index (χ3v) is 3.19. The third-order valence-electron chi connectivity index (χ3n) is 3.19. The molecule has 0 bridgehead atoms. The first-order chi connectivity index (χ1) is 7.96. The van der Waals surface area contributed by atoms with Gasteiger partial charge in [-0.3, -0.25) is 9.59 Å². The van der Waals surface area contributed by atoms with E-state index in [2.05, 4.69) is 5.32 Å². The Hall–Kier alpha value is -1.10. The molecule has 17 heavy (non-hydrogen) atoms. The van der Waals surface area contributed by atoms with Crippen LogP contribution in [0.4, 0.5) is 0 Å². The lowest BCUT2D eigenvalue weighted by Crippen LogP contribution is -2.42. The van der Waals surface area contributed by atoms with E-state index in [0.29, 0.717) is 12.8 Å². The summed E-state index contributed by atoms with van der Waals surface area (Å²) in [6, 6.07) is 0. The summed E-state index contributed by atoms with van der Waals surface area (Å²) >= 11 is 0. The Morgan fingerprint density at radius 2 is 1.94 bits per heavy atom. The van der Waals surface area contributed by atoms with Crippen LogP contribution >= 0.6 is 0 Å². The minimum absolute atomic E-state index is 0.000615. The highest BCUT2D eigenvalue weighted by Crippen LogP contribution is 2.37. The van der Waals surface area contributed by atoms with Gasteiger partial charge in [-0.1, -0.05) is 12.8 Å². The Balaban J connectivity index is 2.37. The number of carboxylic acid groups (broad SMARTS) is 1. The van der Waals surface area contributed by atoms with Crippen molar-refractivity contribution in [1.29, 1.82) is 0 Å². The maximum Gasteiger partial charge on any atom is 0.311 e. The molecule has 0 heterocycles. The second kappa shape index (κ2) is 6.00. The monoisotopic (exact) mass is 243 g/mol. The van der Waals surface area contributed by atoms with Crippen LogP contribution in [0.25, 0.3) is 0 Å². The lowest BCUT2D eigenvalue weighted by atomic mass is 9.86. The molecule has 0 radical (unpaired) electrons. The summed E-state index contributed by atoms with van der Waals surface area (Å²) in [5, 5.41) is 11.9. The first kappa shape index (κ1) is 14.0. The van der Waals surface area contributed by atoms with Crippen molar-refractivity contribution in [2.45, 2.75) is 45.6 Å². The van der Waals surface area contributed by atoms with Crippen LogP contribution in [0.1, 0.15) is 39.5 Å². The molecular weight excluding hydrogens is 222 g/mol. The zero-order chi connectivity index (χ0) is 12.9. The Morgan fingerprint density at radius 3 is 2.41 bits per heavy atom. The number of carbonyl (C=O) groups excluding carboxylic acids is 1. The first-order valence-electron chi connectivity index (χ1n) is 6.08. The van der Waals surface area contributed by atoms with Crippen LogP contribution in [0.15, 0.2) is 0 Å². The predicted octanol–water partition coefficient (Wildman–Crippen LogP) is 1.17. The van der Waals surface area contributed by atoms with E-state index in [1.807, 2.05) is 13.8 Å². The zero-order valence-corrected chi connectivity index (χ0v) is 10.5. The van der Waals surface area contributed by atoms with Gasteiger partial charge in [0.15, 0.2) is 0 Å². The largest absolute Gasteiger partial charge is 0.481 e. The molecule has 0 aromatic heterocycles. The van der Waals surface area contributed by atoms with Crippen molar-refractivity contribution in [2.24, 2.45) is 5.41 Å². The molecule has 2 N–H and O–H groups in total. The summed E-state index contributed by atoms with van der Waals surface area (Å²) in [4.78, 5) is 22.7. The first-order valence-corrected chi connectivity index (χ1v) is 6.08. The van der Waals surface area contributed by atoms with Gasteiger partial charge in [-0.25, -0.2) is 0 Å². The smallest absolute Gasteiger partial charge is 0.311 e. The SMILES string of the molecule is CC(C)OCC(=O)NCC1(C(=O)O)CCCC1. The number of rotatable bonds is 6. The summed E-state index contributed by atoms with van der Waals surface area (Å²) in [5.74, 6) is -1.05. The van der Waals surface area contributed by atoms with Crippen LogP contribution in [-0.4, -0.2) is 36.2 Å². The fourth-order valence-electron chi connectivity index (χ4n) is 2.08. The summed E-state index contributed by atoms with van der Waals surface area (Å²) in [6.45, 7) is 3.90. The molecule has 0 aromatic rings. The fourth-order valence-corrected chi connectivity index (χ4v) is 2.08. The molecule has 0 unspecified atom stereocenters. The van der Waals surface area contributed by atoms with E-state index in [1.54, 1.807) is 0 Å². The van der Waals surface area contributed by atoms with Gasteiger partial charge in [0.25, 0.3) is 0 Å². The molecule has 0 aromatic carbocycles. The second-order valence-electron chi connectivity index (χ2n) is 4.93. The molecule has 98 valence electrons. The number of ether oxygens (including phenoxy) is 1. The van der Waals surface area contributed by atoms with Gasteiger partial charge in [0, 0.05) is 6.54 Å². The van der Waals surface area contributed by atoms with E-state index >= 15 is 0 Å². The third kappa shape index (κ3) is 4.00. The van der Waals surface area contributed by atoms with Crippen LogP contribution in [-0.2, 0) is 14.3 Å². The molecule has 1 aliphatic rings. The number of amides is 1. The minimum atomic E-state index is -0.805. The van der Waals surface area contributed by atoms with Crippen LogP contribution in [0, 0.1) is 5.41 Å². The van der Waals surface area contributed by atoms with E-state index < -0.39 is 11.4 Å². The Morgan fingerprint density at radius 1 is 1.35 bits per heavy atom. The molecule has 1 rings (SSSR count). The topological polar surface area (TPSA) is 75.6 Å². The van der Waals surface area contributed by atoms with Crippen molar-refractivity contribution in [1.82, 2.24) is 5.32 Å². The quantitative estimate of drug-likeness (QED) is 0.734. The van der Waals surface area contributed by atoms with Crippen LogP contribution in [0.3, 0.4) is 0 Å². The van der Waals surface area contributed by atoms with Gasteiger partial charge in [0.1, 0.15) is 6.61 Å². The lowest BCUT2D eigenvalue weighted by Gasteiger charge is -2.24. The van der Waals surface area contributed by atoms with Crippen molar-refractivity contribution in [3.8, 4) is 0 Å². The number of nitrogens with one attached hydrogen (secondary N) is 1. The maximum absolute atomic E-state index is 11.4. The molecule has 1 saturated carbocycles. The summed E-state index contributed by atoms with van der Waals surface area (Å²) in [6.07, 6.45) is 3.14. The van der Waals surface area contributed by atoms with Gasteiger partial charge in [-0.15, -0.1) is 0 Å². The standard InChI is InChI=1S/C12H21NO4/c1-9(2)17-7-10(14)13-8-12(11(15)16)5-3-4-6-12/h9H,3-8H2,1-2H3,(H,13,14)(H,15,16). The van der Waals surface area contributed by atoms with Gasteiger partial charge >= 0.3 is 5.97 Å². The van der Waals surface area contributed by atoms with Gasteiger partial charge in [-0.2, -0.15) is 0 Å². The average molecular weight is 243 g/mol. The Bertz CT molecular complexity index is 282. The van der Waals surface area contributed by atoms with E-state index in [9.17, 15) is 14.7 Å². The second-order valence-corrected chi connectivity index (χ2v) is 4.93. The van der Waals surface area contributed by atoms with Crippen LogP contribution in [0.2, 0.25) is 0 Å². The zero-order valence-electron chi connectivity index (χ0n) is 10.5. The van der Waals surface area contributed by atoms with Crippen molar-refractivity contribution >= 4 is 11.9 Å². The molecular formula is C12H21NO4. The summed E-state index contributed by atoms with van der Waals surface area (Å²) in [5.41, 5.74) is -0.756. The molecule has 5 heteroatoms. The number of aliphatic carboxylic acids is 1. The molecule has 5 nitrogen and oxygen atoms in total. The molecule has 1 fully saturated rings. The summed E-state index contributed by atoms with van der Waals surface area (Å²) in [7, 11) is 0. The van der Waals surface area contributed by atoms with E-state index in [1.165, 1.54) is 0 Å². The predicted molar refractivity (Wildman–Crippen MR) is 62.6 cm³/mol. The molecule has 1 aliphatic carbocycles. The maximum atomic E-state index is 11.4. The number of carbonyl (C=O) groups is 2.